The van der Waals surface area contributed by atoms with E-state index in [1.807, 2.05) is 6.92 Å². The Morgan fingerprint density at radius 2 is 2.05 bits per heavy atom. The van der Waals surface area contributed by atoms with Crippen molar-refractivity contribution in [1.82, 2.24) is 9.78 Å². The molecule has 0 spiro atoms. The van der Waals surface area contributed by atoms with Gasteiger partial charge in [0.15, 0.2) is 0 Å². The lowest BCUT2D eigenvalue weighted by Crippen LogP contribution is -2.24. The molecular weight excluding hydrogens is 306 g/mol. The van der Waals surface area contributed by atoms with Crippen molar-refractivity contribution in [2.75, 3.05) is 5.32 Å². The summed E-state index contributed by atoms with van der Waals surface area (Å²) >= 11 is 6.05. The maximum Gasteiger partial charge on any atom is 0.335 e. The number of carbonyl (C=O) groups is 1. The van der Waals surface area contributed by atoms with Gasteiger partial charge in [0.1, 0.15) is 5.02 Å². The van der Waals surface area contributed by atoms with Crippen molar-refractivity contribution in [1.29, 1.82) is 0 Å². The van der Waals surface area contributed by atoms with E-state index in [1.165, 1.54) is 23.0 Å². The van der Waals surface area contributed by atoms with Gasteiger partial charge in [-0.2, -0.15) is 5.10 Å². The van der Waals surface area contributed by atoms with Gasteiger partial charge in [0.25, 0.3) is 5.56 Å². The largest absolute Gasteiger partial charge is 0.478 e. The molecule has 6 nitrogen and oxygen atoms in total. The summed E-state index contributed by atoms with van der Waals surface area (Å²) in [4.78, 5) is 22.8. The van der Waals surface area contributed by atoms with Crippen LogP contribution in [0.25, 0.3) is 0 Å². The van der Waals surface area contributed by atoms with Crippen LogP contribution in [-0.4, -0.2) is 20.9 Å². The minimum atomic E-state index is -0.966. The number of carboxylic acids is 1. The molecule has 7 heteroatoms. The van der Waals surface area contributed by atoms with Crippen LogP contribution in [0.1, 0.15) is 29.3 Å². The topological polar surface area (TPSA) is 84.2 Å². The summed E-state index contributed by atoms with van der Waals surface area (Å²) in [6.45, 7) is 2.89. The monoisotopic (exact) mass is 321 g/mol. The molecule has 0 atom stereocenters. The molecule has 2 rings (SSSR count). The van der Waals surface area contributed by atoms with Crippen LogP contribution in [0.2, 0.25) is 5.02 Å². The first kappa shape index (κ1) is 16.0. The van der Waals surface area contributed by atoms with Gasteiger partial charge >= 0.3 is 5.97 Å². The summed E-state index contributed by atoms with van der Waals surface area (Å²) in [5.74, 6) is -0.966. The zero-order valence-corrected chi connectivity index (χ0v) is 12.8. The second kappa shape index (κ2) is 7.09. The summed E-state index contributed by atoms with van der Waals surface area (Å²) in [6, 6.07) is 6.46. The molecule has 0 saturated carbocycles. The number of rotatable bonds is 6. The zero-order valence-electron chi connectivity index (χ0n) is 12.0. The Morgan fingerprint density at radius 1 is 1.36 bits per heavy atom. The molecule has 1 aromatic heterocycles. The van der Waals surface area contributed by atoms with Crippen molar-refractivity contribution in [3.63, 3.8) is 0 Å². The van der Waals surface area contributed by atoms with E-state index in [0.29, 0.717) is 18.8 Å². The average molecular weight is 322 g/mol. The maximum atomic E-state index is 12.0. The summed E-state index contributed by atoms with van der Waals surface area (Å²) in [5.41, 5.74) is 1.24. The number of aryl methyl sites for hydroxylation is 1. The number of anilines is 1. The highest BCUT2D eigenvalue weighted by Gasteiger charge is 2.09. The minimum absolute atomic E-state index is 0.102. The Bertz CT molecular complexity index is 726. The second-order valence-corrected chi connectivity index (χ2v) is 5.13. The van der Waals surface area contributed by atoms with Crippen LogP contribution >= 0.6 is 11.6 Å². The van der Waals surface area contributed by atoms with Gasteiger partial charge in [-0.3, -0.25) is 4.79 Å². The summed E-state index contributed by atoms with van der Waals surface area (Å²) in [5, 5.41) is 16.0. The Labute approximate surface area is 132 Å². The Balaban J connectivity index is 2.10. The zero-order chi connectivity index (χ0) is 16.1. The number of aromatic carboxylic acids is 1. The molecule has 0 radical (unpaired) electrons. The fourth-order valence-electron chi connectivity index (χ4n) is 1.92. The molecule has 0 aliphatic carbocycles. The summed E-state index contributed by atoms with van der Waals surface area (Å²) in [7, 11) is 0. The van der Waals surface area contributed by atoms with Gasteiger partial charge in [0.2, 0.25) is 0 Å². The van der Waals surface area contributed by atoms with Crippen molar-refractivity contribution in [2.45, 2.75) is 26.4 Å². The standard InChI is InChI=1S/C15H16ClN3O3/c1-2-7-19-14(20)13(16)12(9-18-19)17-8-10-3-5-11(6-4-10)15(21)22/h3-6,9,17H,2,7-8H2,1H3,(H,21,22). The number of halogens is 1. The van der Waals surface area contributed by atoms with Crippen LogP contribution < -0.4 is 10.9 Å². The van der Waals surface area contributed by atoms with Crippen LogP contribution in [-0.2, 0) is 13.1 Å². The smallest absolute Gasteiger partial charge is 0.335 e. The number of benzene rings is 1. The number of carboxylic acid groups (broad SMARTS) is 1. The highest BCUT2D eigenvalue weighted by Crippen LogP contribution is 2.16. The molecule has 0 unspecified atom stereocenters. The highest BCUT2D eigenvalue weighted by atomic mass is 35.5. The SMILES string of the molecule is CCCn1ncc(NCc2ccc(C(=O)O)cc2)c(Cl)c1=O. The molecule has 116 valence electrons. The Kier molecular flexibility index (Phi) is 5.16. The highest BCUT2D eigenvalue weighted by molar-refractivity contribution is 6.32. The fourth-order valence-corrected chi connectivity index (χ4v) is 2.14. The summed E-state index contributed by atoms with van der Waals surface area (Å²) < 4.78 is 1.33. The first-order valence-electron chi connectivity index (χ1n) is 6.84. The van der Waals surface area contributed by atoms with Gasteiger partial charge in [-0.1, -0.05) is 30.7 Å². The molecule has 1 aromatic carbocycles. The number of hydrogen-bond acceptors (Lipinski definition) is 4. The molecule has 0 saturated heterocycles. The van der Waals surface area contributed by atoms with Crippen molar-refractivity contribution < 1.29 is 9.90 Å². The Hall–Kier alpha value is -2.34. The van der Waals surface area contributed by atoms with Crippen molar-refractivity contribution in [3.05, 3.63) is 57.0 Å². The van der Waals surface area contributed by atoms with Crippen LogP contribution in [0.5, 0.6) is 0 Å². The van der Waals surface area contributed by atoms with Crippen LogP contribution in [0.4, 0.5) is 5.69 Å². The second-order valence-electron chi connectivity index (χ2n) is 4.76. The molecule has 0 aliphatic rings. The van der Waals surface area contributed by atoms with Gasteiger partial charge in [0.05, 0.1) is 17.4 Å². The number of aromatic nitrogens is 2. The van der Waals surface area contributed by atoms with Crippen LogP contribution in [0.3, 0.4) is 0 Å². The molecule has 22 heavy (non-hydrogen) atoms. The molecule has 2 N–H and O–H groups in total. The van der Waals surface area contributed by atoms with Crippen LogP contribution in [0.15, 0.2) is 35.3 Å². The molecule has 0 aliphatic heterocycles. The number of nitrogens with one attached hydrogen (secondary N) is 1. The van der Waals surface area contributed by atoms with Crippen molar-refractivity contribution in [2.24, 2.45) is 0 Å². The number of hydrogen-bond donors (Lipinski definition) is 2. The van der Waals surface area contributed by atoms with Gasteiger partial charge in [-0.25, -0.2) is 9.48 Å². The lowest BCUT2D eigenvalue weighted by molar-refractivity contribution is 0.0697. The third kappa shape index (κ3) is 3.65. The predicted octanol–water partition coefficient (Wildman–Crippen LogP) is 2.62. The van der Waals surface area contributed by atoms with E-state index in [9.17, 15) is 9.59 Å². The lowest BCUT2D eigenvalue weighted by atomic mass is 10.1. The van der Waals surface area contributed by atoms with E-state index in [-0.39, 0.29) is 16.1 Å². The molecule has 0 amide bonds. The molecular formula is C15H16ClN3O3. The minimum Gasteiger partial charge on any atom is -0.478 e. The molecule has 1 heterocycles. The third-order valence-electron chi connectivity index (χ3n) is 3.10. The first-order valence-corrected chi connectivity index (χ1v) is 7.22. The van der Waals surface area contributed by atoms with Crippen molar-refractivity contribution >= 4 is 23.3 Å². The van der Waals surface area contributed by atoms with E-state index < -0.39 is 5.97 Å². The molecule has 0 fully saturated rings. The quantitative estimate of drug-likeness (QED) is 0.854. The van der Waals surface area contributed by atoms with Crippen LogP contribution in [0, 0.1) is 0 Å². The fraction of sp³-hybridized carbons (Fsp3) is 0.267. The van der Waals surface area contributed by atoms with Crippen molar-refractivity contribution in [3.8, 4) is 0 Å². The molecule has 0 bridgehead atoms. The predicted molar refractivity (Wildman–Crippen MR) is 84.5 cm³/mol. The van der Waals surface area contributed by atoms with E-state index in [4.69, 9.17) is 16.7 Å². The molecule has 2 aromatic rings. The van der Waals surface area contributed by atoms with E-state index in [2.05, 4.69) is 10.4 Å². The average Bonchev–Trinajstić information content (AvgIpc) is 2.51. The van der Waals surface area contributed by atoms with Gasteiger partial charge < -0.3 is 10.4 Å². The normalized spacial score (nSPS) is 10.5. The third-order valence-corrected chi connectivity index (χ3v) is 3.47. The summed E-state index contributed by atoms with van der Waals surface area (Å²) in [6.07, 6.45) is 2.32. The van der Waals surface area contributed by atoms with Gasteiger partial charge in [0, 0.05) is 13.1 Å². The lowest BCUT2D eigenvalue weighted by Gasteiger charge is -2.10. The maximum absolute atomic E-state index is 12.0. The number of nitrogens with zero attached hydrogens (tertiary/aromatic N) is 2. The van der Waals surface area contributed by atoms with E-state index >= 15 is 0 Å². The Morgan fingerprint density at radius 3 is 2.64 bits per heavy atom. The van der Waals surface area contributed by atoms with Gasteiger partial charge in [-0.15, -0.1) is 0 Å². The van der Waals surface area contributed by atoms with Gasteiger partial charge in [-0.05, 0) is 24.1 Å². The first-order chi connectivity index (χ1) is 10.5. The van der Waals surface area contributed by atoms with E-state index in [0.717, 1.165) is 12.0 Å². The van der Waals surface area contributed by atoms with E-state index in [1.54, 1.807) is 12.1 Å².